The topological polar surface area (TPSA) is 29.5 Å². The van der Waals surface area contributed by atoms with Gasteiger partial charge in [0.1, 0.15) is 6.10 Å². The molecule has 2 atom stereocenters. The molecule has 0 radical (unpaired) electrons. The van der Waals surface area contributed by atoms with Gasteiger partial charge in [-0.3, -0.25) is 9.69 Å². The molecule has 0 unspecified atom stereocenters. The minimum atomic E-state index is -0.338. The van der Waals surface area contributed by atoms with Crippen LogP contribution < -0.4 is 0 Å². The number of carbonyl (C=O) groups excluding carboxylic acids is 1. The van der Waals surface area contributed by atoms with Gasteiger partial charge >= 0.3 is 5.97 Å². The molecule has 3 aromatic rings. The summed E-state index contributed by atoms with van der Waals surface area (Å²) in [6.45, 7) is 14.7. The van der Waals surface area contributed by atoms with E-state index < -0.39 is 0 Å². The van der Waals surface area contributed by atoms with Gasteiger partial charge in [0.05, 0.1) is 0 Å². The monoisotopic (exact) mass is 485 g/mol. The van der Waals surface area contributed by atoms with Crippen LogP contribution in [-0.4, -0.2) is 16.9 Å². The first-order valence-corrected chi connectivity index (χ1v) is 13.4. The van der Waals surface area contributed by atoms with Gasteiger partial charge in [0, 0.05) is 25.6 Å². The second kappa shape index (κ2) is 13.4. The number of ether oxygens (including phenoxy) is 1. The number of hydrogen-bond acceptors (Lipinski definition) is 3. The molecular weight excluding hydrogens is 442 g/mol. The van der Waals surface area contributed by atoms with Crippen molar-refractivity contribution in [2.75, 3.05) is 0 Å². The quantitative estimate of drug-likeness (QED) is 0.191. The van der Waals surface area contributed by atoms with E-state index in [1.165, 1.54) is 33.4 Å². The molecule has 3 rings (SSSR count). The fourth-order valence-corrected chi connectivity index (χ4v) is 5.01. The van der Waals surface area contributed by atoms with E-state index in [1.54, 1.807) is 0 Å². The Labute approximate surface area is 218 Å². The minimum Gasteiger partial charge on any atom is -0.456 e. The molecule has 0 saturated heterocycles. The SMILES string of the molecule is CCCCCC(=O)O[C@H](c1ccccc1)[C@H](C)N(Cc1ccccc1C)Cc1c(C)cc(C)cc1C. The van der Waals surface area contributed by atoms with E-state index in [4.69, 9.17) is 4.74 Å². The van der Waals surface area contributed by atoms with E-state index >= 15 is 0 Å². The largest absolute Gasteiger partial charge is 0.456 e. The molecule has 0 aliphatic carbocycles. The van der Waals surface area contributed by atoms with E-state index in [1.807, 2.05) is 18.2 Å². The number of carbonyl (C=O) groups is 1. The molecule has 0 aliphatic rings. The average Bonchev–Trinajstić information content (AvgIpc) is 2.85. The van der Waals surface area contributed by atoms with Gasteiger partial charge in [-0.25, -0.2) is 0 Å². The zero-order valence-electron chi connectivity index (χ0n) is 23.0. The first-order chi connectivity index (χ1) is 17.3. The van der Waals surface area contributed by atoms with Crippen LogP contribution in [0.15, 0.2) is 66.7 Å². The van der Waals surface area contributed by atoms with Crippen molar-refractivity contribution in [3.05, 3.63) is 106 Å². The number of unbranched alkanes of at least 4 members (excludes halogenated alkanes) is 2. The molecule has 0 aliphatic heterocycles. The molecule has 192 valence electrons. The lowest BCUT2D eigenvalue weighted by molar-refractivity contribution is -0.153. The molecular formula is C33H43NO2. The molecule has 36 heavy (non-hydrogen) atoms. The van der Waals surface area contributed by atoms with Crippen molar-refractivity contribution in [2.45, 2.75) is 92.5 Å². The molecule has 0 bridgehead atoms. The lowest BCUT2D eigenvalue weighted by atomic mass is 9.96. The highest BCUT2D eigenvalue weighted by Crippen LogP contribution is 2.30. The lowest BCUT2D eigenvalue weighted by Gasteiger charge is -2.36. The van der Waals surface area contributed by atoms with Crippen LogP contribution in [0.5, 0.6) is 0 Å². The summed E-state index contributed by atoms with van der Waals surface area (Å²) >= 11 is 0. The van der Waals surface area contributed by atoms with Crippen LogP contribution in [0.2, 0.25) is 0 Å². The maximum Gasteiger partial charge on any atom is 0.306 e. The fourth-order valence-electron chi connectivity index (χ4n) is 5.01. The number of rotatable bonds is 12. The van der Waals surface area contributed by atoms with Crippen molar-refractivity contribution in [3.63, 3.8) is 0 Å². The van der Waals surface area contributed by atoms with Crippen LogP contribution in [0.25, 0.3) is 0 Å². The Kier molecular flexibility index (Phi) is 10.3. The molecule has 0 aromatic heterocycles. The predicted octanol–water partition coefficient (Wildman–Crippen LogP) is 8.18. The molecule has 0 N–H and O–H groups in total. The van der Waals surface area contributed by atoms with E-state index in [-0.39, 0.29) is 18.1 Å². The second-order valence-corrected chi connectivity index (χ2v) is 10.2. The molecule has 0 heterocycles. The van der Waals surface area contributed by atoms with Crippen LogP contribution in [0, 0.1) is 27.7 Å². The standard InChI is InChI=1S/C33H43NO2/c1-7-8-10-19-32(35)36-33(29-16-11-9-12-17-29)28(6)34(22-30-18-14-13-15-25(30)3)23-31-26(4)20-24(2)21-27(31)5/h9,11-18,20-21,28,33H,7-8,10,19,22-23H2,1-6H3/t28-,33-/m0/s1. The van der Waals surface area contributed by atoms with Gasteiger partial charge in [-0.05, 0) is 74.4 Å². The number of nitrogens with zero attached hydrogens (tertiary/aromatic N) is 1. The van der Waals surface area contributed by atoms with Crippen LogP contribution in [0.4, 0.5) is 0 Å². The first kappa shape index (κ1) is 27.7. The molecule has 0 amide bonds. The zero-order valence-corrected chi connectivity index (χ0v) is 23.0. The third-order valence-electron chi connectivity index (χ3n) is 7.22. The summed E-state index contributed by atoms with van der Waals surface area (Å²) in [5.41, 5.74) is 8.87. The highest BCUT2D eigenvalue weighted by molar-refractivity contribution is 5.69. The molecule has 3 nitrogen and oxygen atoms in total. The van der Waals surface area contributed by atoms with Gasteiger partial charge in [-0.15, -0.1) is 0 Å². The summed E-state index contributed by atoms with van der Waals surface area (Å²) < 4.78 is 6.23. The normalized spacial score (nSPS) is 13.0. The maximum absolute atomic E-state index is 12.9. The highest BCUT2D eigenvalue weighted by Gasteiger charge is 2.29. The number of benzene rings is 3. The van der Waals surface area contributed by atoms with E-state index in [0.29, 0.717) is 6.42 Å². The van der Waals surface area contributed by atoms with Gasteiger partial charge in [0.2, 0.25) is 0 Å². The summed E-state index contributed by atoms with van der Waals surface area (Å²) in [4.78, 5) is 15.4. The summed E-state index contributed by atoms with van der Waals surface area (Å²) in [5, 5.41) is 0. The van der Waals surface area contributed by atoms with Crippen molar-refractivity contribution in [1.82, 2.24) is 4.90 Å². The van der Waals surface area contributed by atoms with Crippen LogP contribution in [0.1, 0.15) is 84.6 Å². The molecule has 3 aromatic carbocycles. The lowest BCUT2D eigenvalue weighted by Crippen LogP contribution is -2.39. The van der Waals surface area contributed by atoms with Gasteiger partial charge in [-0.1, -0.05) is 92.1 Å². The summed E-state index contributed by atoms with van der Waals surface area (Å²) in [6, 6.07) is 23.3. The van der Waals surface area contributed by atoms with Crippen molar-refractivity contribution in [3.8, 4) is 0 Å². The van der Waals surface area contributed by atoms with Gasteiger partial charge in [-0.2, -0.15) is 0 Å². The smallest absolute Gasteiger partial charge is 0.306 e. The zero-order chi connectivity index (χ0) is 26.1. The third kappa shape index (κ3) is 7.54. The Bertz CT molecular complexity index is 1100. The Morgan fingerprint density at radius 3 is 2.11 bits per heavy atom. The van der Waals surface area contributed by atoms with E-state index in [9.17, 15) is 4.79 Å². The van der Waals surface area contributed by atoms with Crippen molar-refractivity contribution >= 4 is 5.97 Å². The van der Waals surface area contributed by atoms with Crippen molar-refractivity contribution in [1.29, 1.82) is 0 Å². The first-order valence-electron chi connectivity index (χ1n) is 13.4. The number of esters is 1. The van der Waals surface area contributed by atoms with Crippen LogP contribution in [0.3, 0.4) is 0 Å². The minimum absolute atomic E-state index is 0.0118. The van der Waals surface area contributed by atoms with Gasteiger partial charge in [0.15, 0.2) is 0 Å². The van der Waals surface area contributed by atoms with E-state index in [0.717, 1.165) is 37.9 Å². The molecule has 3 heteroatoms. The second-order valence-electron chi connectivity index (χ2n) is 10.2. The Balaban J connectivity index is 1.97. The Hall–Kier alpha value is -2.91. The maximum atomic E-state index is 12.9. The van der Waals surface area contributed by atoms with Crippen molar-refractivity contribution in [2.24, 2.45) is 0 Å². The molecule has 0 spiro atoms. The Morgan fingerprint density at radius 2 is 1.47 bits per heavy atom. The molecule has 0 saturated carbocycles. The van der Waals surface area contributed by atoms with Gasteiger partial charge in [0.25, 0.3) is 0 Å². The summed E-state index contributed by atoms with van der Waals surface area (Å²) in [5.74, 6) is -0.109. The fraction of sp³-hybridized carbons (Fsp3) is 0.424. The molecule has 0 fully saturated rings. The van der Waals surface area contributed by atoms with Crippen molar-refractivity contribution < 1.29 is 9.53 Å². The highest BCUT2D eigenvalue weighted by atomic mass is 16.5. The number of hydrogen-bond donors (Lipinski definition) is 0. The Morgan fingerprint density at radius 1 is 0.833 bits per heavy atom. The van der Waals surface area contributed by atoms with E-state index in [2.05, 4.69) is 95.0 Å². The summed E-state index contributed by atoms with van der Waals surface area (Å²) in [6.07, 6.45) is 3.14. The van der Waals surface area contributed by atoms with Crippen LogP contribution in [-0.2, 0) is 22.6 Å². The number of aryl methyl sites for hydroxylation is 4. The third-order valence-corrected chi connectivity index (χ3v) is 7.22. The van der Waals surface area contributed by atoms with Gasteiger partial charge < -0.3 is 4.74 Å². The summed E-state index contributed by atoms with van der Waals surface area (Å²) in [7, 11) is 0. The average molecular weight is 486 g/mol. The van der Waals surface area contributed by atoms with Crippen LogP contribution >= 0.6 is 0 Å². The predicted molar refractivity (Wildman–Crippen MR) is 150 cm³/mol.